The van der Waals surface area contributed by atoms with E-state index in [1.165, 1.54) is 23.8 Å². The first-order chi connectivity index (χ1) is 7.19. The summed E-state index contributed by atoms with van der Waals surface area (Å²) in [5.74, 6) is -0.144. The van der Waals surface area contributed by atoms with E-state index < -0.39 is 0 Å². The Kier molecular flexibility index (Phi) is 5.08. The fourth-order valence-electron chi connectivity index (χ4n) is 1.49. The van der Waals surface area contributed by atoms with Gasteiger partial charge in [0.2, 0.25) is 0 Å². The van der Waals surface area contributed by atoms with Gasteiger partial charge < -0.3 is 4.74 Å². The van der Waals surface area contributed by atoms with E-state index >= 15 is 0 Å². The lowest BCUT2D eigenvalue weighted by Gasteiger charge is -2.08. The van der Waals surface area contributed by atoms with Gasteiger partial charge >= 0.3 is 5.97 Å². The van der Waals surface area contributed by atoms with Gasteiger partial charge in [0.1, 0.15) is 0 Å². The molecular weight excluding hydrogens is 303 g/mol. The van der Waals surface area contributed by atoms with Crippen LogP contribution in [0.2, 0.25) is 0 Å². The summed E-state index contributed by atoms with van der Waals surface area (Å²) in [6.07, 6.45) is 1.23. The Morgan fingerprint density at radius 1 is 1.40 bits per heavy atom. The molecule has 15 heavy (non-hydrogen) atoms. The molecule has 0 saturated heterocycles. The minimum absolute atomic E-state index is 0.144. The lowest BCUT2D eigenvalue weighted by Crippen LogP contribution is -2.03. The highest BCUT2D eigenvalue weighted by atomic mass is 127. The number of esters is 1. The van der Waals surface area contributed by atoms with Crippen LogP contribution >= 0.6 is 22.6 Å². The molecule has 0 fully saturated rings. The molecule has 0 unspecified atom stereocenters. The van der Waals surface area contributed by atoms with E-state index in [2.05, 4.69) is 46.4 Å². The lowest BCUT2D eigenvalue weighted by molar-refractivity contribution is -0.140. The summed E-state index contributed by atoms with van der Waals surface area (Å²) in [5, 5.41) is 0. The van der Waals surface area contributed by atoms with Crippen LogP contribution in [-0.4, -0.2) is 13.1 Å². The Labute approximate surface area is 104 Å². The van der Waals surface area contributed by atoms with Crippen molar-refractivity contribution in [2.24, 2.45) is 0 Å². The average Bonchev–Trinajstić information content (AvgIpc) is 2.27. The normalized spacial score (nSPS) is 10.1. The SMILES string of the molecule is COC(=O)CCc1cccc(CI)c1C. The first-order valence-electron chi connectivity index (χ1n) is 4.89. The van der Waals surface area contributed by atoms with E-state index in [0.717, 1.165) is 10.8 Å². The van der Waals surface area contributed by atoms with Crippen molar-refractivity contribution in [3.8, 4) is 0 Å². The van der Waals surface area contributed by atoms with Gasteiger partial charge in [0, 0.05) is 10.8 Å². The van der Waals surface area contributed by atoms with E-state index in [0.29, 0.717) is 6.42 Å². The summed E-state index contributed by atoms with van der Waals surface area (Å²) in [6.45, 7) is 2.11. The fraction of sp³-hybridized carbons (Fsp3) is 0.417. The fourth-order valence-corrected chi connectivity index (χ4v) is 2.32. The van der Waals surface area contributed by atoms with Crippen LogP contribution in [0.15, 0.2) is 18.2 Å². The second kappa shape index (κ2) is 6.10. The number of aryl methyl sites for hydroxylation is 1. The summed E-state index contributed by atoms with van der Waals surface area (Å²) >= 11 is 2.35. The Balaban J connectivity index is 2.73. The van der Waals surface area contributed by atoms with Crippen LogP contribution in [0.1, 0.15) is 23.1 Å². The van der Waals surface area contributed by atoms with Crippen LogP contribution in [0, 0.1) is 6.92 Å². The van der Waals surface area contributed by atoms with Crippen molar-refractivity contribution in [1.29, 1.82) is 0 Å². The van der Waals surface area contributed by atoms with E-state index in [1.54, 1.807) is 0 Å². The number of carbonyl (C=O) groups excluding carboxylic acids is 1. The molecule has 0 heterocycles. The van der Waals surface area contributed by atoms with Gasteiger partial charge in [-0.3, -0.25) is 4.79 Å². The van der Waals surface area contributed by atoms with Gasteiger partial charge in [0.25, 0.3) is 0 Å². The lowest BCUT2D eigenvalue weighted by atomic mass is 10.00. The van der Waals surface area contributed by atoms with Crippen LogP contribution in [-0.2, 0) is 20.4 Å². The highest BCUT2D eigenvalue weighted by Crippen LogP contribution is 2.18. The molecule has 0 saturated carbocycles. The largest absolute Gasteiger partial charge is 0.469 e. The first kappa shape index (κ1) is 12.5. The number of alkyl halides is 1. The molecule has 1 aromatic carbocycles. The molecule has 0 aliphatic rings. The molecule has 0 bridgehead atoms. The maximum atomic E-state index is 11.0. The zero-order valence-electron chi connectivity index (χ0n) is 9.05. The highest BCUT2D eigenvalue weighted by Gasteiger charge is 2.05. The molecule has 82 valence electrons. The molecule has 1 rings (SSSR count). The van der Waals surface area contributed by atoms with Gasteiger partial charge in [-0.2, -0.15) is 0 Å². The van der Waals surface area contributed by atoms with Crippen molar-refractivity contribution in [2.75, 3.05) is 7.11 Å². The van der Waals surface area contributed by atoms with E-state index in [1.807, 2.05) is 6.07 Å². The molecule has 0 aliphatic carbocycles. The van der Waals surface area contributed by atoms with E-state index in [-0.39, 0.29) is 5.97 Å². The Morgan fingerprint density at radius 3 is 2.67 bits per heavy atom. The predicted molar refractivity (Wildman–Crippen MR) is 69.2 cm³/mol. The molecule has 0 spiro atoms. The Hall–Kier alpha value is -0.580. The Bertz CT molecular complexity index is 347. The monoisotopic (exact) mass is 318 g/mol. The van der Waals surface area contributed by atoms with E-state index in [9.17, 15) is 4.79 Å². The zero-order valence-corrected chi connectivity index (χ0v) is 11.2. The van der Waals surface area contributed by atoms with Crippen molar-refractivity contribution >= 4 is 28.6 Å². The molecular formula is C12H15IO2. The van der Waals surface area contributed by atoms with Crippen LogP contribution < -0.4 is 0 Å². The standard InChI is InChI=1S/C12H15IO2/c1-9-10(6-7-12(14)15-2)4-3-5-11(9)8-13/h3-5H,6-8H2,1-2H3. The molecule has 2 nitrogen and oxygen atoms in total. The molecule has 0 aromatic heterocycles. The Morgan fingerprint density at radius 2 is 2.07 bits per heavy atom. The van der Waals surface area contributed by atoms with Gasteiger partial charge in [-0.05, 0) is 30.0 Å². The van der Waals surface area contributed by atoms with Gasteiger partial charge in [-0.25, -0.2) is 0 Å². The van der Waals surface area contributed by atoms with Crippen molar-refractivity contribution in [3.05, 3.63) is 34.9 Å². The second-order valence-electron chi connectivity index (χ2n) is 3.41. The molecule has 0 amide bonds. The third-order valence-electron chi connectivity index (χ3n) is 2.53. The minimum atomic E-state index is -0.144. The quantitative estimate of drug-likeness (QED) is 0.485. The third kappa shape index (κ3) is 3.48. The average molecular weight is 318 g/mol. The van der Waals surface area contributed by atoms with Crippen molar-refractivity contribution < 1.29 is 9.53 Å². The van der Waals surface area contributed by atoms with Crippen LogP contribution in [0.25, 0.3) is 0 Å². The number of rotatable bonds is 4. The molecule has 1 aromatic rings. The van der Waals surface area contributed by atoms with E-state index in [4.69, 9.17) is 0 Å². The van der Waals surface area contributed by atoms with Crippen molar-refractivity contribution in [3.63, 3.8) is 0 Å². The maximum Gasteiger partial charge on any atom is 0.305 e. The summed E-state index contributed by atoms with van der Waals surface area (Å²) in [7, 11) is 1.43. The number of hydrogen-bond acceptors (Lipinski definition) is 2. The summed E-state index contributed by atoms with van der Waals surface area (Å²) < 4.78 is 5.64. The van der Waals surface area contributed by atoms with Gasteiger partial charge in [0.15, 0.2) is 0 Å². The van der Waals surface area contributed by atoms with Gasteiger partial charge in [-0.1, -0.05) is 40.8 Å². The molecule has 0 N–H and O–H groups in total. The third-order valence-corrected chi connectivity index (χ3v) is 3.35. The van der Waals surface area contributed by atoms with Gasteiger partial charge in [0.05, 0.1) is 7.11 Å². The van der Waals surface area contributed by atoms with Gasteiger partial charge in [-0.15, -0.1) is 0 Å². The van der Waals surface area contributed by atoms with Crippen LogP contribution in [0.4, 0.5) is 0 Å². The number of ether oxygens (including phenoxy) is 1. The smallest absolute Gasteiger partial charge is 0.305 e. The topological polar surface area (TPSA) is 26.3 Å². The van der Waals surface area contributed by atoms with Crippen LogP contribution in [0.3, 0.4) is 0 Å². The predicted octanol–water partition coefficient (Wildman–Crippen LogP) is 3.04. The summed E-state index contributed by atoms with van der Waals surface area (Å²) in [4.78, 5) is 11.0. The summed E-state index contributed by atoms with van der Waals surface area (Å²) in [6, 6.07) is 6.26. The molecule has 3 heteroatoms. The molecule has 0 aliphatic heterocycles. The van der Waals surface area contributed by atoms with Crippen molar-refractivity contribution in [1.82, 2.24) is 0 Å². The molecule has 0 radical (unpaired) electrons. The first-order valence-corrected chi connectivity index (χ1v) is 6.41. The second-order valence-corrected chi connectivity index (χ2v) is 4.17. The molecule has 0 atom stereocenters. The number of benzene rings is 1. The number of carbonyl (C=O) groups is 1. The number of hydrogen-bond donors (Lipinski definition) is 0. The maximum absolute atomic E-state index is 11.0. The number of halogens is 1. The highest BCUT2D eigenvalue weighted by molar-refractivity contribution is 14.1. The summed E-state index contributed by atoms with van der Waals surface area (Å²) in [5.41, 5.74) is 3.89. The minimum Gasteiger partial charge on any atom is -0.469 e. The van der Waals surface area contributed by atoms with Crippen molar-refractivity contribution in [2.45, 2.75) is 24.2 Å². The zero-order chi connectivity index (χ0) is 11.3. The van der Waals surface area contributed by atoms with Crippen LogP contribution in [0.5, 0.6) is 0 Å². The number of methoxy groups -OCH3 is 1.